The number of hydrogen-bond donors (Lipinski definition) is 6. The molecule has 0 aromatic carbocycles. The highest BCUT2D eigenvalue weighted by molar-refractivity contribution is 5.76. The first-order chi connectivity index (χ1) is 41.8. The molecule has 1 amide bonds. The summed E-state index contributed by atoms with van der Waals surface area (Å²) in [4.78, 5) is 13.2. The summed E-state index contributed by atoms with van der Waals surface area (Å²) < 4.78 is 11.3. The molecule has 1 rings (SSSR count). The Kier molecular flexibility index (Phi) is 63.5. The van der Waals surface area contributed by atoms with Crippen molar-refractivity contribution < 1.29 is 39.8 Å². The number of carbonyl (C=O) groups excluding carboxylic acids is 1. The van der Waals surface area contributed by atoms with Crippen LogP contribution in [-0.4, -0.2) is 87.5 Å². The molecular weight excluding hydrogens is 1050 g/mol. The van der Waals surface area contributed by atoms with Crippen molar-refractivity contribution >= 4 is 5.91 Å². The standard InChI is InChI=1S/C76H149NO8/c1-3-5-7-9-11-13-15-17-19-21-23-25-27-29-31-33-34-35-36-37-38-40-42-44-46-48-50-52-54-56-58-60-62-64-66-72(80)77-69(68-84-76-75(83)74(82)73(81)71(67-78)85-76)70(79)65-63-61-59-57-55-53-51-49-47-45-43-41-39-32-30-28-26-24-22-20-18-16-14-12-10-8-6-4-2/h63,65,69-71,73-76,78-79,81-83H,3-62,64,66-68H2,1-2H3,(H,77,80)/b65-63+. The van der Waals surface area contributed by atoms with Crippen LogP contribution >= 0.6 is 0 Å². The number of amides is 1. The van der Waals surface area contributed by atoms with Gasteiger partial charge in [0.1, 0.15) is 24.4 Å². The van der Waals surface area contributed by atoms with E-state index >= 15 is 0 Å². The number of ether oxygens (including phenoxy) is 2. The van der Waals surface area contributed by atoms with Crippen molar-refractivity contribution in [3.05, 3.63) is 12.2 Å². The van der Waals surface area contributed by atoms with E-state index in [9.17, 15) is 30.3 Å². The Morgan fingerprint density at radius 1 is 0.388 bits per heavy atom. The van der Waals surface area contributed by atoms with Gasteiger partial charge in [0, 0.05) is 6.42 Å². The third-order valence-corrected chi connectivity index (χ3v) is 18.9. The fourth-order valence-electron chi connectivity index (χ4n) is 12.9. The van der Waals surface area contributed by atoms with Gasteiger partial charge in [-0.05, 0) is 19.3 Å². The molecule has 0 aromatic rings. The highest BCUT2D eigenvalue weighted by atomic mass is 16.7. The molecule has 6 N–H and O–H groups in total. The van der Waals surface area contributed by atoms with E-state index in [-0.39, 0.29) is 12.5 Å². The molecule has 9 heteroatoms. The molecule has 7 atom stereocenters. The molecule has 1 fully saturated rings. The molecule has 1 aliphatic rings. The zero-order valence-corrected chi connectivity index (χ0v) is 56.9. The number of hydrogen-bond acceptors (Lipinski definition) is 8. The molecule has 1 saturated heterocycles. The second-order valence-electron chi connectivity index (χ2n) is 27.2. The maximum Gasteiger partial charge on any atom is 0.220 e. The molecule has 0 saturated carbocycles. The summed E-state index contributed by atoms with van der Waals surface area (Å²) in [6.07, 6.45) is 79.2. The van der Waals surface area contributed by atoms with Crippen LogP contribution < -0.4 is 5.32 Å². The predicted molar refractivity (Wildman–Crippen MR) is 364 cm³/mol. The minimum Gasteiger partial charge on any atom is -0.394 e. The van der Waals surface area contributed by atoms with Crippen LogP contribution in [0.4, 0.5) is 0 Å². The summed E-state index contributed by atoms with van der Waals surface area (Å²) in [6.45, 7) is 3.86. The fourth-order valence-corrected chi connectivity index (χ4v) is 12.9. The number of aliphatic hydroxyl groups excluding tert-OH is 5. The summed E-state index contributed by atoms with van der Waals surface area (Å²) in [5.41, 5.74) is 0. The van der Waals surface area contributed by atoms with Crippen molar-refractivity contribution in [1.29, 1.82) is 0 Å². The smallest absolute Gasteiger partial charge is 0.220 e. The van der Waals surface area contributed by atoms with Crippen LogP contribution in [0, 0.1) is 0 Å². The van der Waals surface area contributed by atoms with E-state index in [0.29, 0.717) is 6.42 Å². The highest BCUT2D eigenvalue weighted by Crippen LogP contribution is 2.24. The van der Waals surface area contributed by atoms with E-state index in [2.05, 4.69) is 19.2 Å². The zero-order valence-electron chi connectivity index (χ0n) is 56.9. The van der Waals surface area contributed by atoms with Crippen LogP contribution in [0.15, 0.2) is 12.2 Å². The molecule has 1 aliphatic heterocycles. The largest absolute Gasteiger partial charge is 0.394 e. The minimum atomic E-state index is -1.57. The van der Waals surface area contributed by atoms with Gasteiger partial charge in [-0.2, -0.15) is 0 Å². The van der Waals surface area contributed by atoms with Gasteiger partial charge in [0.15, 0.2) is 6.29 Å². The summed E-state index contributed by atoms with van der Waals surface area (Å²) in [5.74, 6) is -0.166. The van der Waals surface area contributed by atoms with E-state index < -0.39 is 49.5 Å². The van der Waals surface area contributed by atoms with Gasteiger partial charge in [0.25, 0.3) is 0 Å². The first kappa shape index (κ1) is 81.9. The Morgan fingerprint density at radius 2 is 0.647 bits per heavy atom. The number of unbranched alkanes of at least 4 members (excludes halogenated alkanes) is 59. The summed E-state index contributed by atoms with van der Waals surface area (Å²) in [7, 11) is 0. The predicted octanol–water partition coefficient (Wildman–Crippen LogP) is 21.4. The number of nitrogens with one attached hydrogen (secondary N) is 1. The van der Waals surface area contributed by atoms with Crippen molar-refractivity contribution in [1.82, 2.24) is 5.32 Å². The maximum absolute atomic E-state index is 13.2. The summed E-state index contributed by atoms with van der Waals surface area (Å²) in [6, 6.07) is -0.803. The first-order valence-corrected chi connectivity index (χ1v) is 38.4. The number of carbonyl (C=O) groups is 1. The van der Waals surface area contributed by atoms with Crippen LogP contribution in [0.1, 0.15) is 412 Å². The monoisotopic (exact) mass is 1200 g/mol. The lowest BCUT2D eigenvalue weighted by Crippen LogP contribution is -2.60. The van der Waals surface area contributed by atoms with Gasteiger partial charge in [-0.15, -0.1) is 0 Å². The lowest BCUT2D eigenvalue weighted by molar-refractivity contribution is -0.302. The Balaban J connectivity index is 2.07. The Labute approximate surface area is 528 Å². The zero-order chi connectivity index (χ0) is 61.4. The van der Waals surface area contributed by atoms with Crippen molar-refractivity contribution in [2.45, 2.75) is 455 Å². The molecule has 0 aromatic heterocycles. The Bertz CT molecular complexity index is 1350. The van der Waals surface area contributed by atoms with Crippen LogP contribution in [0.25, 0.3) is 0 Å². The van der Waals surface area contributed by atoms with Gasteiger partial charge >= 0.3 is 0 Å². The highest BCUT2D eigenvalue weighted by Gasteiger charge is 2.44. The molecule has 0 radical (unpaired) electrons. The molecule has 0 aliphatic carbocycles. The van der Waals surface area contributed by atoms with Gasteiger partial charge in [-0.1, -0.05) is 398 Å². The second kappa shape index (κ2) is 65.9. The SMILES string of the molecule is CCCCCCCCCCCCCCCCCCCCCCCCCCCC/C=C/C(O)C(COC1OC(CO)C(O)C(O)C1O)NC(=O)CCCCCCCCCCCCCCCCCCCCCCCCCCCCCCCCCCCC. The third-order valence-electron chi connectivity index (χ3n) is 18.9. The van der Waals surface area contributed by atoms with E-state index in [1.807, 2.05) is 6.08 Å². The van der Waals surface area contributed by atoms with E-state index in [4.69, 9.17) is 9.47 Å². The van der Waals surface area contributed by atoms with Gasteiger partial charge in [0.2, 0.25) is 5.91 Å². The quantitative estimate of drug-likeness (QED) is 0.0261. The maximum atomic E-state index is 13.2. The van der Waals surface area contributed by atoms with Crippen LogP contribution in [-0.2, 0) is 14.3 Å². The molecule has 85 heavy (non-hydrogen) atoms. The van der Waals surface area contributed by atoms with E-state index in [1.165, 1.54) is 353 Å². The molecule has 7 unspecified atom stereocenters. The molecule has 1 heterocycles. The average Bonchev–Trinajstić information content (AvgIpc) is 3.71. The molecular formula is C76H149NO8. The van der Waals surface area contributed by atoms with Gasteiger partial charge in [-0.25, -0.2) is 0 Å². The lowest BCUT2D eigenvalue weighted by Gasteiger charge is -2.40. The minimum absolute atomic E-state index is 0.166. The molecule has 0 bridgehead atoms. The second-order valence-corrected chi connectivity index (χ2v) is 27.2. The number of rotatable bonds is 69. The number of aliphatic hydroxyl groups is 5. The fraction of sp³-hybridized carbons (Fsp3) is 0.961. The molecule has 9 nitrogen and oxygen atoms in total. The van der Waals surface area contributed by atoms with E-state index in [0.717, 1.165) is 38.5 Å². The molecule has 0 spiro atoms. The first-order valence-electron chi connectivity index (χ1n) is 38.4. The summed E-state index contributed by atoms with van der Waals surface area (Å²) >= 11 is 0. The summed E-state index contributed by atoms with van der Waals surface area (Å²) in [5, 5.41) is 54.9. The van der Waals surface area contributed by atoms with Gasteiger partial charge in [0.05, 0.1) is 25.4 Å². The Morgan fingerprint density at radius 3 is 0.918 bits per heavy atom. The van der Waals surface area contributed by atoms with Gasteiger partial charge < -0.3 is 40.3 Å². The van der Waals surface area contributed by atoms with Crippen molar-refractivity contribution in [3.8, 4) is 0 Å². The van der Waals surface area contributed by atoms with Crippen LogP contribution in [0.2, 0.25) is 0 Å². The normalized spacial score (nSPS) is 18.0. The van der Waals surface area contributed by atoms with Crippen molar-refractivity contribution in [2.75, 3.05) is 13.2 Å². The van der Waals surface area contributed by atoms with Crippen molar-refractivity contribution in [3.63, 3.8) is 0 Å². The topological polar surface area (TPSA) is 149 Å². The lowest BCUT2D eigenvalue weighted by atomic mass is 9.99. The van der Waals surface area contributed by atoms with Gasteiger partial charge in [-0.3, -0.25) is 4.79 Å². The van der Waals surface area contributed by atoms with E-state index in [1.54, 1.807) is 6.08 Å². The Hall–Kier alpha value is -1.07. The number of allylic oxidation sites excluding steroid dienone is 1. The van der Waals surface area contributed by atoms with Crippen molar-refractivity contribution in [2.24, 2.45) is 0 Å². The van der Waals surface area contributed by atoms with Crippen LogP contribution in [0.3, 0.4) is 0 Å². The third kappa shape index (κ3) is 54.4. The average molecular weight is 1210 g/mol. The molecule has 506 valence electrons. The van der Waals surface area contributed by atoms with Crippen LogP contribution in [0.5, 0.6) is 0 Å².